The molecule has 0 fully saturated rings. The van der Waals surface area contributed by atoms with Crippen LogP contribution in [0.15, 0.2) is 17.6 Å². The molecule has 0 aromatic rings. The smallest absolute Gasteiger partial charge is 0.207 e. The Morgan fingerprint density at radius 1 is 1.60 bits per heavy atom. The number of rotatable bonds is 3. The first kappa shape index (κ1) is 9.07. The SMILES string of the molecule is C=C(F)N(C)/N=C(/F)CC. The molecule has 0 saturated heterocycles. The van der Waals surface area contributed by atoms with E-state index < -0.39 is 11.9 Å². The van der Waals surface area contributed by atoms with E-state index in [1.54, 1.807) is 6.92 Å². The molecule has 0 heterocycles. The van der Waals surface area contributed by atoms with Crippen LogP contribution in [0.2, 0.25) is 0 Å². The molecule has 0 saturated carbocycles. The second kappa shape index (κ2) is 3.98. The van der Waals surface area contributed by atoms with Crippen molar-refractivity contribution >= 4 is 5.97 Å². The van der Waals surface area contributed by atoms with Gasteiger partial charge in [0.25, 0.3) is 0 Å². The van der Waals surface area contributed by atoms with E-state index in [1.165, 1.54) is 7.05 Å². The van der Waals surface area contributed by atoms with Crippen LogP contribution in [-0.2, 0) is 0 Å². The summed E-state index contributed by atoms with van der Waals surface area (Å²) < 4.78 is 24.3. The van der Waals surface area contributed by atoms with Crippen LogP contribution in [-0.4, -0.2) is 18.0 Å². The molecule has 0 atom stereocenters. The summed E-state index contributed by atoms with van der Waals surface area (Å²) in [6.07, 6.45) is 0.164. The van der Waals surface area contributed by atoms with Gasteiger partial charge in [-0.25, -0.2) is 5.01 Å². The quantitative estimate of drug-likeness (QED) is 0.340. The molecule has 58 valence electrons. The zero-order valence-electron chi connectivity index (χ0n) is 6.06. The average molecular weight is 148 g/mol. The molecule has 0 N–H and O–H groups in total. The number of hydrogen-bond acceptors (Lipinski definition) is 2. The molecule has 0 spiro atoms. The Bertz CT molecular complexity index is 154. The fourth-order valence-corrected chi connectivity index (χ4v) is 0.288. The van der Waals surface area contributed by atoms with Crippen molar-refractivity contribution in [1.29, 1.82) is 0 Å². The molecule has 4 heteroatoms. The third-order valence-electron chi connectivity index (χ3n) is 0.901. The van der Waals surface area contributed by atoms with Gasteiger partial charge in [-0.2, -0.15) is 8.78 Å². The molecule has 0 radical (unpaired) electrons. The van der Waals surface area contributed by atoms with Crippen LogP contribution in [0, 0.1) is 0 Å². The van der Waals surface area contributed by atoms with E-state index in [9.17, 15) is 8.78 Å². The molecule has 10 heavy (non-hydrogen) atoms. The van der Waals surface area contributed by atoms with Crippen LogP contribution in [0.5, 0.6) is 0 Å². The van der Waals surface area contributed by atoms with Gasteiger partial charge < -0.3 is 0 Å². The Morgan fingerprint density at radius 3 is 2.40 bits per heavy atom. The second-order valence-corrected chi connectivity index (χ2v) is 1.73. The Kier molecular flexibility index (Phi) is 3.61. The first-order valence-electron chi connectivity index (χ1n) is 2.89. The van der Waals surface area contributed by atoms with E-state index in [1.807, 2.05) is 0 Å². The van der Waals surface area contributed by atoms with Crippen LogP contribution in [0.4, 0.5) is 8.78 Å². The predicted molar refractivity (Wildman–Crippen MR) is 36.8 cm³/mol. The zero-order valence-corrected chi connectivity index (χ0v) is 6.06. The number of hydrogen-bond donors (Lipinski definition) is 0. The lowest BCUT2D eigenvalue weighted by Crippen LogP contribution is -2.08. The van der Waals surface area contributed by atoms with Gasteiger partial charge in [-0.05, 0) is 6.58 Å². The van der Waals surface area contributed by atoms with E-state index >= 15 is 0 Å². The van der Waals surface area contributed by atoms with Crippen LogP contribution >= 0.6 is 0 Å². The monoisotopic (exact) mass is 148 g/mol. The van der Waals surface area contributed by atoms with Crippen molar-refractivity contribution < 1.29 is 8.78 Å². The Hall–Kier alpha value is -0.930. The Morgan fingerprint density at radius 2 is 2.10 bits per heavy atom. The lowest BCUT2D eigenvalue weighted by molar-refractivity contribution is 0.331. The lowest BCUT2D eigenvalue weighted by Gasteiger charge is -2.07. The molecular formula is C6H10F2N2. The van der Waals surface area contributed by atoms with Gasteiger partial charge in [0.2, 0.25) is 11.9 Å². The van der Waals surface area contributed by atoms with Crippen molar-refractivity contribution in [1.82, 2.24) is 5.01 Å². The molecule has 0 bridgehead atoms. The average Bonchev–Trinajstić information content (AvgIpc) is 1.87. The van der Waals surface area contributed by atoms with Gasteiger partial charge >= 0.3 is 0 Å². The fraction of sp³-hybridized carbons (Fsp3) is 0.500. The minimum atomic E-state index is -0.774. The van der Waals surface area contributed by atoms with Crippen LogP contribution in [0.1, 0.15) is 13.3 Å². The van der Waals surface area contributed by atoms with Crippen molar-refractivity contribution in [2.75, 3.05) is 7.05 Å². The number of nitrogens with zero attached hydrogens (tertiary/aromatic N) is 2. The van der Waals surface area contributed by atoms with Crippen LogP contribution < -0.4 is 0 Å². The first-order valence-corrected chi connectivity index (χ1v) is 2.89. The summed E-state index contributed by atoms with van der Waals surface area (Å²) in [6.45, 7) is 4.52. The highest BCUT2D eigenvalue weighted by Gasteiger charge is 1.98. The molecule has 0 aromatic carbocycles. The van der Waals surface area contributed by atoms with Crippen LogP contribution in [0.3, 0.4) is 0 Å². The lowest BCUT2D eigenvalue weighted by atomic mass is 10.5. The summed E-state index contributed by atoms with van der Waals surface area (Å²) in [5.74, 6) is -1.38. The molecule has 0 aromatic heterocycles. The zero-order chi connectivity index (χ0) is 8.15. The normalized spacial score (nSPS) is 11.4. The van der Waals surface area contributed by atoms with E-state index in [0.717, 1.165) is 5.01 Å². The number of halogens is 2. The van der Waals surface area contributed by atoms with E-state index in [4.69, 9.17) is 0 Å². The highest BCUT2D eigenvalue weighted by molar-refractivity contribution is 5.73. The van der Waals surface area contributed by atoms with Crippen molar-refractivity contribution in [3.63, 3.8) is 0 Å². The van der Waals surface area contributed by atoms with Gasteiger partial charge in [-0.1, -0.05) is 6.92 Å². The second-order valence-electron chi connectivity index (χ2n) is 1.73. The maximum atomic E-state index is 12.2. The Labute approximate surface area is 58.8 Å². The minimum Gasteiger partial charge on any atom is -0.241 e. The molecule has 0 rings (SSSR count). The molecule has 0 aliphatic heterocycles. The highest BCUT2D eigenvalue weighted by atomic mass is 19.1. The summed E-state index contributed by atoms with van der Waals surface area (Å²) in [4.78, 5) is 0. The van der Waals surface area contributed by atoms with Crippen LogP contribution in [0.25, 0.3) is 0 Å². The van der Waals surface area contributed by atoms with E-state index in [-0.39, 0.29) is 6.42 Å². The molecule has 0 unspecified atom stereocenters. The largest absolute Gasteiger partial charge is 0.241 e. The van der Waals surface area contributed by atoms with Gasteiger partial charge in [0, 0.05) is 13.5 Å². The summed E-state index contributed by atoms with van der Waals surface area (Å²) >= 11 is 0. The summed E-state index contributed by atoms with van der Waals surface area (Å²) in [7, 11) is 1.29. The molecule has 0 aliphatic carbocycles. The van der Waals surface area contributed by atoms with Crippen molar-refractivity contribution in [2.45, 2.75) is 13.3 Å². The maximum absolute atomic E-state index is 12.2. The predicted octanol–water partition coefficient (Wildman–Crippen LogP) is 2.05. The summed E-state index contributed by atoms with van der Waals surface area (Å²) in [5, 5.41) is 3.95. The van der Waals surface area contributed by atoms with Gasteiger partial charge in [-0.3, -0.25) is 0 Å². The Balaban J connectivity index is 3.99. The van der Waals surface area contributed by atoms with Crippen molar-refractivity contribution in [2.24, 2.45) is 5.10 Å². The van der Waals surface area contributed by atoms with Gasteiger partial charge in [0.15, 0.2) is 0 Å². The van der Waals surface area contributed by atoms with Gasteiger partial charge in [0.05, 0.1) is 0 Å². The van der Waals surface area contributed by atoms with Crippen molar-refractivity contribution in [3.8, 4) is 0 Å². The molecular weight excluding hydrogens is 138 g/mol. The number of hydrazone groups is 1. The van der Waals surface area contributed by atoms with Gasteiger partial charge in [-0.15, -0.1) is 5.10 Å². The van der Waals surface area contributed by atoms with E-state index in [2.05, 4.69) is 11.7 Å². The molecule has 0 aliphatic rings. The standard InChI is InChI=1S/C6H10F2N2/c1-4-6(8)9-10(3)5(2)7/h2,4H2,1,3H3/b9-6+. The third-order valence-corrected chi connectivity index (χ3v) is 0.901. The van der Waals surface area contributed by atoms with Crippen molar-refractivity contribution in [3.05, 3.63) is 12.5 Å². The minimum absolute atomic E-state index is 0.164. The highest BCUT2D eigenvalue weighted by Crippen LogP contribution is 2.00. The van der Waals surface area contributed by atoms with E-state index in [0.29, 0.717) is 0 Å². The fourth-order valence-electron chi connectivity index (χ4n) is 0.288. The molecule has 2 nitrogen and oxygen atoms in total. The molecule has 0 amide bonds. The topological polar surface area (TPSA) is 15.6 Å². The third kappa shape index (κ3) is 3.17. The summed E-state index contributed by atoms with van der Waals surface area (Å²) in [5.41, 5.74) is 0. The first-order chi connectivity index (χ1) is 4.57. The maximum Gasteiger partial charge on any atom is 0.207 e. The van der Waals surface area contributed by atoms with Gasteiger partial charge in [0.1, 0.15) is 0 Å². The summed E-state index contributed by atoms with van der Waals surface area (Å²) in [6, 6.07) is 0.